The first kappa shape index (κ1) is 12.7. The number of aromatic nitrogens is 4. The number of ether oxygens (including phenoxy) is 1. The van der Waals surface area contributed by atoms with Gasteiger partial charge >= 0.3 is 5.97 Å². The molecule has 9 heteroatoms. The molecule has 0 aromatic carbocycles. The highest BCUT2D eigenvalue weighted by Gasteiger charge is 2.13. The third kappa shape index (κ3) is 3.15. The number of anilines is 1. The number of nitrogens with one attached hydrogen (secondary N) is 1. The van der Waals surface area contributed by atoms with Crippen LogP contribution < -0.4 is 5.32 Å². The van der Waals surface area contributed by atoms with Crippen LogP contribution in [0.2, 0.25) is 0 Å². The maximum atomic E-state index is 11.6. The van der Waals surface area contributed by atoms with Gasteiger partial charge in [0, 0.05) is 6.07 Å². The summed E-state index contributed by atoms with van der Waals surface area (Å²) >= 11 is 0. The van der Waals surface area contributed by atoms with E-state index in [2.05, 4.69) is 25.5 Å². The van der Waals surface area contributed by atoms with E-state index in [-0.39, 0.29) is 18.1 Å². The molecule has 0 saturated carbocycles. The third-order valence-electron chi connectivity index (χ3n) is 2.13. The number of aryl methyl sites for hydroxylation is 1. The molecule has 100 valence electrons. The summed E-state index contributed by atoms with van der Waals surface area (Å²) in [6, 6.07) is 1.58. The van der Waals surface area contributed by atoms with E-state index in [4.69, 9.17) is 4.52 Å². The number of hydrogen-bond acceptors (Lipinski definition) is 7. The Morgan fingerprint density at radius 3 is 2.95 bits per heavy atom. The van der Waals surface area contributed by atoms with Crippen LogP contribution in [0.15, 0.2) is 16.8 Å². The van der Waals surface area contributed by atoms with Gasteiger partial charge < -0.3 is 14.6 Å². The van der Waals surface area contributed by atoms with Crippen molar-refractivity contribution in [3.05, 3.63) is 23.7 Å². The van der Waals surface area contributed by atoms with Crippen molar-refractivity contribution in [3.63, 3.8) is 0 Å². The minimum absolute atomic E-state index is 0.0348. The van der Waals surface area contributed by atoms with E-state index >= 15 is 0 Å². The first-order chi connectivity index (χ1) is 9.08. The van der Waals surface area contributed by atoms with Gasteiger partial charge in [0.2, 0.25) is 5.91 Å². The summed E-state index contributed by atoms with van der Waals surface area (Å²) in [7, 11) is 1.24. The zero-order chi connectivity index (χ0) is 13.8. The molecule has 0 aliphatic carbocycles. The predicted molar refractivity (Wildman–Crippen MR) is 61.2 cm³/mol. The van der Waals surface area contributed by atoms with Gasteiger partial charge in [-0.05, 0) is 6.92 Å². The van der Waals surface area contributed by atoms with Crippen LogP contribution in [-0.4, -0.2) is 39.1 Å². The third-order valence-corrected chi connectivity index (χ3v) is 2.13. The Morgan fingerprint density at radius 2 is 2.32 bits per heavy atom. The predicted octanol–water partition coefficient (Wildman–Crippen LogP) is -0.000180. The number of nitrogens with zero attached hydrogens (tertiary/aromatic N) is 4. The van der Waals surface area contributed by atoms with Crippen molar-refractivity contribution >= 4 is 17.7 Å². The monoisotopic (exact) mass is 265 g/mol. The number of hydrogen-bond donors (Lipinski definition) is 1. The summed E-state index contributed by atoms with van der Waals surface area (Å²) in [5.74, 6) is -0.0757. The maximum absolute atomic E-state index is 11.6. The zero-order valence-electron chi connectivity index (χ0n) is 10.3. The highest BCUT2D eigenvalue weighted by Crippen LogP contribution is 2.06. The average Bonchev–Trinajstić information content (AvgIpc) is 2.98. The first-order valence-corrected chi connectivity index (χ1v) is 5.30. The normalized spacial score (nSPS) is 10.2. The van der Waals surface area contributed by atoms with Crippen LogP contribution in [0.1, 0.15) is 16.2 Å². The van der Waals surface area contributed by atoms with Gasteiger partial charge in [0.25, 0.3) is 0 Å². The van der Waals surface area contributed by atoms with Gasteiger partial charge in [-0.3, -0.25) is 4.79 Å². The standard InChI is InChI=1S/C10H11N5O4/c1-6-3-8(13-19-6)11-9(16)5-15-4-7(12-14-15)10(17)18-2/h3-4H,5H2,1-2H3,(H,11,13,16). The molecule has 2 heterocycles. The van der Waals surface area contributed by atoms with Gasteiger partial charge in [0.05, 0.1) is 13.3 Å². The Hall–Kier alpha value is -2.71. The fourth-order valence-corrected chi connectivity index (χ4v) is 1.33. The molecule has 0 spiro atoms. The smallest absolute Gasteiger partial charge is 0.360 e. The summed E-state index contributed by atoms with van der Waals surface area (Å²) in [5, 5.41) is 13.3. The minimum atomic E-state index is -0.612. The molecule has 2 aromatic rings. The first-order valence-electron chi connectivity index (χ1n) is 5.30. The van der Waals surface area contributed by atoms with Crippen molar-refractivity contribution < 1.29 is 18.8 Å². The Bertz CT molecular complexity index is 603. The number of esters is 1. The SMILES string of the molecule is COC(=O)c1cn(CC(=O)Nc2cc(C)on2)nn1. The number of amides is 1. The Balaban J connectivity index is 1.95. The van der Waals surface area contributed by atoms with Gasteiger partial charge in [-0.15, -0.1) is 5.10 Å². The summed E-state index contributed by atoms with van der Waals surface area (Å²) in [5.41, 5.74) is 0.0348. The second-order valence-electron chi connectivity index (χ2n) is 3.66. The molecule has 1 N–H and O–H groups in total. The van der Waals surface area contributed by atoms with Crippen molar-refractivity contribution in [2.45, 2.75) is 13.5 Å². The summed E-state index contributed by atoms with van der Waals surface area (Å²) in [6.45, 7) is 1.61. The van der Waals surface area contributed by atoms with Crippen LogP contribution in [0.25, 0.3) is 0 Å². The van der Waals surface area contributed by atoms with Crippen LogP contribution in [0.3, 0.4) is 0 Å². The molecular weight excluding hydrogens is 254 g/mol. The van der Waals surface area contributed by atoms with E-state index < -0.39 is 5.97 Å². The lowest BCUT2D eigenvalue weighted by molar-refractivity contribution is -0.117. The molecule has 1 amide bonds. The molecule has 0 unspecified atom stereocenters. The van der Waals surface area contributed by atoms with E-state index in [1.165, 1.54) is 18.0 Å². The van der Waals surface area contributed by atoms with Crippen molar-refractivity contribution in [2.75, 3.05) is 12.4 Å². The molecule has 0 radical (unpaired) electrons. The van der Waals surface area contributed by atoms with E-state index in [0.717, 1.165) is 0 Å². The molecule has 9 nitrogen and oxygen atoms in total. The molecule has 2 aromatic heterocycles. The van der Waals surface area contributed by atoms with Crippen LogP contribution >= 0.6 is 0 Å². The Morgan fingerprint density at radius 1 is 1.53 bits per heavy atom. The summed E-state index contributed by atoms with van der Waals surface area (Å²) < 4.78 is 10.5. The average molecular weight is 265 g/mol. The number of methoxy groups -OCH3 is 1. The van der Waals surface area contributed by atoms with Gasteiger partial charge in [-0.25, -0.2) is 9.48 Å². The van der Waals surface area contributed by atoms with Crippen molar-refractivity contribution in [3.8, 4) is 0 Å². The molecule has 0 saturated heterocycles. The number of carbonyl (C=O) groups is 2. The molecular formula is C10H11N5O4. The maximum Gasteiger partial charge on any atom is 0.360 e. The highest BCUT2D eigenvalue weighted by molar-refractivity contribution is 5.90. The van der Waals surface area contributed by atoms with Crippen LogP contribution in [0, 0.1) is 6.92 Å². The quantitative estimate of drug-likeness (QED) is 0.774. The van der Waals surface area contributed by atoms with Gasteiger partial charge in [-0.1, -0.05) is 10.4 Å². The lowest BCUT2D eigenvalue weighted by Gasteiger charge is -1.99. The molecule has 0 atom stereocenters. The fraction of sp³-hybridized carbons (Fsp3) is 0.300. The van der Waals surface area contributed by atoms with Crippen molar-refractivity contribution in [1.82, 2.24) is 20.2 Å². The molecule has 2 rings (SSSR count). The minimum Gasteiger partial charge on any atom is -0.464 e. The molecule has 19 heavy (non-hydrogen) atoms. The van der Waals surface area contributed by atoms with E-state index in [1.807, 2.05) is 0 Å². The van der Waals surface area contributed by atoms with Crippen LogP contribution in [0.4, 0.5) is 5.82 Å². The second kappa shape index (κ2) is 5.29. The zero-order valence-corrected chi connectivity index (χ0v) is 10.3. The Labute approximate surface area is 107 Å². The van der Waals surface area contributed by atoms with E-state index in [1.54, 1.807) is 13.0 Å². The number of carbonyl (C=O) groups excluding carboxylic acids is 2. The second-order valence-corrected chi connectivity index (χ2v) is 3.66. The van der Waals surface area contributed by atoms with Crippen molar-refractivity contribution in [1.29, 1.82) is 0 Å². The topological polar surface area (TPSA) is 112 Å². The lowest BCUT2D eigenvalue weighted by atomic mass is 10.4. The number of rotatable bonds is 4. The molecule has 0 aliphatic rings. The highest BCUT2D eigenvalue weighted by atomic mass is 16.5. The summed E-state index contributed by atoms with van der Waals surface area (Å²) in [6.07, 6.45) is 1.32. The van der Waals surface area contributed by atoms with Gasteiger partial charge in [0.1, 0.15) is 12.3 Å². The van der Waals surface area contributed by atoms with Gasteiger partial charge in [-0.2, -0.15) is 0 Å². The molecule has 0 bridgehead atoms. The van der Waals surface area contributed by atoms with Gasteiger partial charge in [0.15, 0.2) is 11.5 Å². The molecule has 0 aliphatic heterocycles. The van der Waals surface area contributed by atoms with E-state index in [9.17, 15) is 9.59 Å². The van der Waals surface area contributed by atoms with Crippen LogP contribution in [-0.2, 0) is 16.1 Å². The summed E-state index contributed by atoms with van der Waals surface area (Å²) in [4.78, 5) is 22.8. The Kier molecular flexibility index (Phi) is 3.55. The van der Waals surface area contributed by atoms with Crippen LogP contribution in [0.5, 0.6) is 0 Å². The van der Waals surface area contributed by atoms with Crippen molar-refractivity contribution in [2.24, 2.45) is 0 Å². The fourth-order valence-electron chi connectivity index (χ4n) is 1.33. The molecule has 0 fully saturated rings. The van der Waals surface area contributed by atoms with E-state index in [0.29, 0.717) is 11.6 Å². The largest absolute Gasteiger partial charge is 0.464 e. The lowest BCUT2D eigenvalue weighted by Crippen LogP contribution is -2.19.